The van der Waals surface area contributed by atoms with Crippen LogP contribution in [-0.2, 0) is 7.05 Å². The van der Waals surface area contributed by atoms with E-state index < -0.39 is 0 Å². The number of imidazole rings is 2. The van der Waals surface area contributed by atoms with Crippen molar-refractivity contribution in [3.63, 3.8) is 0 Å². The van der Waals surface area contributed by atoms with Gasteiger partial charge in [-0.25, -0.2) is 9.97 Å². The van der Waals surface area contributed by atoms with Crippen LogP contribution < -0.4 is 4.74 Å². The van der Waals surface area contributed by atoms with Crippen LogP contribution in [0.1, 0.15) is 30.7 Å². The maximum atomic E-state index is 9.16. The van der Waals surface area contributed by atoms with Crippen LogP contribution in [0.25, 0.3) is 38.9 Å². The van der Waals surface area contributed by atoms with Crippen LogP contribution in [0.4, 0.5) is 0 Å². The zero-order chi connectivity index (χ0) is 25.9. The number of benzene rings is 2. The summed E-state index contributed by atoms with van der Waals surface area (Å²) in [6.45, 7) is 4.64. The molecule has 0 atom stereocenters. The lowest BCUT2D eigenvalue weighted by molar-refractivity contribution is 0.277. The van der Waals surface area contributed by atoms with Crippen molar-refractivity contribution >= 4 is 16.6 Å². The number of hydrogen-bond acceptors (Lipinski definition) is 5. The Morgan fingerprint density at radius 1 is 0.919 bits per heavy atom. The van der Waals surface area contributed by atoms with Crippen LogP contribution >= 0.6 is 0 Å². The molecular weight excluding hydrogens is 460 g/mol. The first-order valence-corrected chi connectivity index (χ1v) is 12.7. The lowest BCUT2D eigenvalue weighted by Crippen LogP contribution is -2.24. The largest absolute Gasteiger partial charge is 0.494 e. The van der Waals surface area contributed by atoms with Crippen molar-refractivity contribution in [3.05, 3.63) is 72.4 Å². The molecule has 0 saturated carbocycles. The molecule has 1 fully saturated rings. The zero-order valence-electron chi connectivity index (χ0n) is 21.9. The number of hydrogen-bond donors (Lipinski definition) is 0. The Labute approximate surface area is 217 Å². The fourth-order valence-electron chi connectivity index (χ4n) is 4.98. The summed E-state index contributed by atoms with van der Waals surface area (Å²) >= 11 is 0. The van der Waals surface area contributed by atoms with Crippen LogP contribution in [0.3, 0.4) is 0 Å². The van der Waals surface area contributed by atoms with Crippen molar-refractivity contribution in [2.75, 3.05) is 27.2 Å². The highest BCUT2D eigenvalue weighted by Gasteiger charge is 2.17. The first-order valence-electron chi connectivity index (χ1n) is 12.7. The number of aromatic nitrogens is 4. The van der Waals surface area contributed by atoms with E-state index in [1.807, 2.05) is 48.7 Å². The lowest BCUT2D eigenvalue weighted by atomic mass is 9.97. The molecule has 7 heteroatoms. The predicted molar refractivity (Wildman–Crippen MR) is 148 cm³/mol. The number of likely N-dealkylation sites (tertiary alicyclic amines) is 1. The molecule has 7 nitrogen and oxygen atoms in total. The second-order valence-corrected chi connectivity index (χ2v) is 9.60. The molecule has 0 radical (unpaired) electrons. The molecule has 1 saturated heterocycles. The Morgan fingerprint density at radius 3 is 2.30 bits per heavy atom. The Balaban J connectivity index is 0.000000348. The Bertz CT molecular complexity index is 1580. The maximum Gasteiger partial charge on any atom is 0.145 e. The predicted octanol–water partition coefficient (Wildman–Crippen LogP) is 5.85. The fraction of sp³-hybridized carbons (Fsp3) is 0.300. The van der Waals surface area contributed by atoms with Crippen molar-refractivity contribution in [2.24, 2.45) is 7.05 Å². The average molecular weight is 493 g/mol. The molecule has 0 spiro atoms. The van der Waals surface area contributed by atoms with Gasteiger partial charge < -0.3 is 14.2 Å². The highest BCUT2D eigenvalue weighted by Crippen LogP contribution is 2.38. The Kier molecular flexibility index (Phi) is 6.93. The van der Waals surface area contributed by atoms with E-state index in [1.165, 1.54) is 32.4 Å². The van der Waals surface area contributed by atoms with Gasteiger partial charge in [-0.15, -0.1) is 0 Å². The lowest BCUT2D eigenvalue weighted by Gasteiger charge is -2.20. The monoisotopic (exact) mass is 492 g/mol. The van der Waals surface area contributed by atoms with Gasteiger partial charge in [0.1, 0.15) is 17.1 Å². The van der Waals surface area contributed by atoms with Gasteiger partial charge in [0.25, 0.3) is 0 Å². The van der Waals surface area contributed by atoms with Crippen LogP contribution in [0.5, 0.6) is 5.75 Å². The molecule has 0 bridgehead atoms. The standard InChI is InChI=1S/C24H19N5O.C6H13N/c1-15-27-20-10-18(8-9-21(20)28(15)2)24-19(17-6-4-16(12-25)5-7-17)11-23(30-3)22-13-26-14-29(22)24;1-7-5-3-2-4-6-7/h4-11,13-14H,1-3H3;2-6H2,1H3. The van der Waals surface area contributed by atoms with E-state index in [2.05, 4.69) is 45.8 Å². The minimum Gasteiger partial charge on any atom is -0.494 e. The molecule has 1 aliphatic rings. The van der Waals surface area contributed by atoms with Gasteiger partial charge in [-0.05, 0) is 75.8 Å². The second kappa shape index (κ2) is 10.5. The molecular formula is C30H32N6O. The van der Waals surface area contributed by atoms with E-state index in [-0.39, 0.29) is 0 Å². The van der Waals surface area contributed by atoms with Crippen LogP contribution in [0.15, 0.2) is 61.1 Å². The third-order valence-electron chi connectivity index (χ3n) is 7.16. The van der Waals surface area contributed by atoms with E-state index >= 15 is 0 Å². The zero-order valence-corrected chi connectivity index (χ0v) is 21.9. The molecule has 0 unspecified atom stereocenters. The van der Waals surface area contributed by atoms with E-state index in [4.69, 9.17) is 15.0 Å². The average Bonchev–Trinajstić information content (AvgIpc) is 3.53. The molecule has 37 heavy (non-hydrogen) atoms. The molecule has 0 N–H and O–H groups in total. The number of nitrogens with zero attached hydrogens (tertiary/aromatic N) is 6. The van der Waals surface area contributed by atoms with Gasteiger partial charge in [0.05, 0.1) is 48.0 Å². The molecule has 1 aliphatic heterocycles. The molecule has 6 rings (SSSR count). The normalized spacial score (nSPS) is 13.8. The summed E-state index contributed by atoms with van der Waals surface area (Å²) in [5.74, 6) is 1.71. The number of pyridine rings is 1. The van der Waals surface area contributed by atoms with E-state index in [9.17, 15) is 0 Å². The summed E-state index contributed by atoms with van der Waals surface area (Å²) in [5.41, 5.74) is 7.57. The Hall–Kier alpha value is -4.15. The summed E-state index contributed by atoms with van der Waals surface area (Å²) < 4.78 is 9.77. The minimum atomic E-state index is 0.626. The molecule has 4 heterocycles. The summed E-state index contributed by atoms with van der Waals surface area (Å²) in [6, 6.07) is 18.1. The van der Waals surface area contributed by atoms with Gasteiger partial charge in [-0.2, -0.15) is 5.26 Å². The van der Waals surface area contributed by atoms with Gasteiger partial charge in [0.15, 0.2) is 0 Å². The van der Waals surface area contributed by atoms with Gasteiger partial charge in [0.2, 0.25) is 0 Å². The highest BCUT2D eigenvalue weighted by atomic mass is 16.5. The number of fused-ring (bicyclic) bond motifs is 2. The molecule has 3 aromatic heterocycles. The number of aryl methyl sites for hydroxylation is 2. The SMILES string of the molecule is CN1CCCCC1.COc1cc(-c2ccc(C#N)cc2)c(-c2ccc3c(c2)nc(C)n3C)n2cncc12. The van der Waals surface area contributed by atoms with Crippen LogP contribution in [0, 0.1) is 18.3 Å². The van der Waals surface area contributed by atoms with Crippen LogP contribution in [0.2, 0.25) is 0 Å². The quantitative estimate of drug-likeness (QED) is 0.316. The minimum absolute atomic E-state index is 0.626. The topological polar surface area (TPSA) is 71.4 Å². The number of piperidine rings is 1. The van der Waals surface area contributed by atoms with Gasteiger partial charge in [0, 0.05) is 18.2 Å². The van der Waals surface area contributed by atoms with Crippen molar-refractivity contribution in [3.8, 4) is 34.2 Å². The summed E-state index contributed by atoms with van der Waals surface area (Å²) in [5, 5.41) is 9.16. The number of methoxy groups -OCH3 is 1. The van der Waals surface area contributed by atoms with Crippen molar-refractivity contribution < 1.29 is 4.74 Å². The summed E-state index contributed by atoms with van der Waals surface area (Å²) in [7, 11) is 5.88. The first-order chi connectivity index (χ1) is 18.0. The molecule has 0 aliphatic carbocycles. The maximum absolute atomic E-state index is 9.16. The summed E-state index contributed by atoms with van der Waals surface area (Å²) in [6.07, 6.45) is 7.87. The number of rotatable bonds is 3. The van der Waals surface area contributed by atoms with Gasteiger partial charge in [-0.3, -0.25) is 4.40 Å². The van der Waals surface area contributed by atoms with Gasteiger partial charge in [-0.1, -0.05) is 24.6 Å². The van der Waals surface area contributed by atoms with Crippen LogP contribution in [-0.4, -0.2) is 51.1 Å². The Morgan fingerprint density at radius 2 is 1.65 bits per heavy atom. The second-order valence-electron chi connectivity index (χ2n) is 9.60. The fourth-order valence-corrected chi connectivity index (χ4v) is 4.98. The van der Waals surface area contributed by atoms with E-state index in [0.717, 1.165) is 50.5 Å². The third kappa shape index (κ3) is 4.81. The van der Waals surface area contributed by atoms with Gasteiger partial charge >= 0.3 is 0 Å². The van der Waals surface area contributed by atoms with E-state index in [1.54, 1.807) is 19.6 Å². The third-order valence-corrected chi connectivity index (χ3v) is 7.16. The molecule has 188 valence electrons. The summed E-state index contributed by atoms with van der Waals surface area (Å²) in [4.78, 5) is 11.5. The van der Waals surface area contributed by atoms with E-state index in [0.29, 0.717) is 5.56 Å². The molecule has 0 amide bonds. The molecule has 2 aromatic carbocycles. The van der Waals surface area contributed by atoms with Crippen molar-refractivity contribution in [2.45, 2.75) is 26.2 Å². The first kappa shape index (κ1) is 24.5. The highest BCUT2D eigenvalue weighted by molar-refractivity contribution is 5.90. The van der Waals surface area contributed by atoms with Crippen molar-refractivity contribution in [1.82, 2.24) is 23.8 Å². The number of nitriles is 1. The number of ether oxygens (including phenoxy) is 1. The van der Waals surface area contributed by atoms with Crippen molar-refractivity contribution in [1.29, 1.82) is 5.26 Å². The smallest absolute Gasteiger partial charge is 0.145 e. The molecule has 5 aromatic rings.